The number of nitrogens with one attached hydrogen (secondary N) is 1. The van der Waals surface area contributed by atoms with Crippen LogP contribution in [0.4, 0.5) is 0 Å². The third-order valence-electron chi connectivity index (χ3n) is 7.61. The normalized spacial score (nSPS) is 43.2. The quantitative estimate of drug-likeness (QED) is 0.456. The molecule has 26 heavy (non-hydrogen) atoms. The molecule has 2 aliphatic carbocycles. The Morgan fingerprint density at radius 1 is 1.27 bits per heavy atom. The van der Waals surface area contributed by atoms with Crippen LogP contribution in [-0.4, -0.2) is 29.2 Å². The first-order chi connectivity index (χ1) is 12.1. The summed E-state index contributed by atoms with van der Waals surface area (Å²) in [5.74, 6) is 1.36. The molecule has 1 saturated carbocycles. The van der Waals surface area contributed by atoms with Gasteiger partial charge in [0.05, 0.1) is 5.60 Å². The van der Waals surface area contributed by atoms with E-state index in [1.165, 1.54) is 5.57 Å². The minimum atomic E-state index is -0.461. The molecule has 3 rings (SSSR count). The number of amides is 1. The Balaban J connectivity index is 1.88. The van der Waals surface area contributed by atoms with E-state index in [4.69, 9.17) is 11.3 Å². The molecule has 1 aliphatic heterocycles. The first-order valence-corrected chi connectivity index (χ1v) is 10.1. The molecule has 0 spiro atoms. The molecule has 1 N–H and O–H groups in total. The molecule has 0 unspecified atom stereocenters. The van der Waals surface area contributed by atoms with Gasteiger partial charge in [0, 0.05) is 19.4 Å². The number of nitrogens with zero attached hydrogens (tertiary/aromatic N) is 1. The molecule has 3 aliphatic rings. The monoisotopic (exact) mass is 358 g/mol. The molecule has 0 aromatic rings. The number of hydrogen-bond donors (Lipinski definition) is 1. The van der Waals surface area contributed by atoms with Gasteiger partial charge in [0.15, 0.2) is 0 Å². The fraction of sp³-hybridized carbons (Fsp3) is 0.818. The van der Waals surface area contributed by atoms with Crippen molar-refractivity contribution in [2.24, 2.45) is 17.8 Å². The average Bonchev–Trinajstić information content (AvgIpc) is 2.99. The van der Waals surface area contributed by atoms with Gasteiger partial charge in [-0.3, -0.25) is 4.79 Å². The van der Waals surface area contributed by atoms with Gasteiger partial charge < -0.3 is 14.9 Å². The summed E-state index contributed by atoms with van der Waals surface area (Å²) < 4.78 is 6.62. The van der Waals surface area contributed by atoms with Gasteiger partial charge in [-0.25, -0.2) is 6.57 Å². The van der Waals surface area contributed by atoms with Crippen molar-refractivity contribution < 1.29 is 9.53 Å². The van der Waals surface area contributed by atoms with E-state index in [2.05, 4.69) is 37.0 Å². The van der Waals surface area contributed by atoms with Crippen LogP contribution in [0.15, 0.2) is 11.6 Å². The lowest BCUT2D eigenvalue weighted by Gasteiger charge is -2.54. The fourth-order valence-electron chi connectivity index (χ4n) is 5.81. The third-order valence-corrected chi connectivity index (χ3v) is 7.61. The van der Waals surface area contributed by atoms with Crippen molar-refractivity contribution in [3.63, 3.8) is 0 Å². The van der Waals surface area contributed by atoms with E-state index in [1.54, 1.807) is 0 Å². The molecule has 2 fully saturated rings. The molecule has 1 heterocycles. The lowest BCUT2D eigenvalue weighted by atomic mass is 9.56. The van der Waals surface area contributed by atoms with Crippen LogP contribution in [0.1, 0.15) is 73.1 Å². The van der Waals surface area contributed by atoms with E-state index >= 15 is 0 Å². The second-order valence-electron chi connectivity index (χ2n) is 9.78. The Morgan fingerprint density at radius 3 is 2.65 bits per heavy atom. The molecule has 1 saturated heterocycles. The summed E-state index contributed by atoms with van der Waals surface area (Å²) in [6, 6.07) is 0. The van der Waals surface area contributed by atoms with Gasteiger partial charge in [-0.2, -0.15) is 0 Å². The van der Waals surface area contributed by atoms with Crippen LogP contribution < -0.4 is 5.32 Å². The van der Waals surface area contributed by atoms with Crippen molar-refractivity contribution in [1.82, 2.24) is 5.32 Å². The summed E-state index contributed by atoms with van der Waals surface area (Å²) in [6.07, 6.45) is 9.66. The van der Waals surface area contributed by atoms with Crippen molar-refractivity contribution in [1.29, 1.82) is 0 Å². The Labute approximate surface area is 158 Å². The Morgan fingerprint density at radius 2 is 2.00 bits per heavy atom. The van der Waals surface area contributed by atoms with E-state index in [1.807, 2.05) is 13.8 Å². The van der Waals surface area contributed by atoms with Crippen LogP contribution in [-0.2, 0) is 9.53 Å². The van der Waals surface area contributed by atoms with Crippen molar-refractivity contribution >= 4 is 6.41 Å². The highest BCUT2D eigenvalue weighted by Crippen LogP contribution is 2.54. The topological polar surface area (TPSA) is 42.7 Å². The summed E-state index contributed by atoms with van der Waals surface area (Å²) in [5, 5.41) is 3.15. The predicted molar refractivity (Wildman–Crippen MR) is 103 cm³/mol. The van der Waals surface area contributed by atoms with E-state index in [0.717, 1.165) is 44.9 Å². The second kappa shape index (κ2) is 6.68. The molecule has 0 aromatic heterocycles. The minimum absolute atomic E-state index is 0.0125. The summed E-state index contributed by atoms with van der Waals surface area (Å²) in [7, 11) is 0. The van der Waals surface area contributed by atoms with Crippen molar-refractivity contribution in [2.45, 2.75) is 95.9 Å². The van der Waals surface area contributed by atoms with Gasteiger partial charge in [-0.05, 0) is 77.0 Å². The first-order valence-electron chi connectivity index (χ1n) is 10.1. The van der Waals surface area contributed by atoms with Crippen LogP contribution >= 0.6 is 0 Å². The summed E-state index contributed by atoms with van der Waals surface area (Å²) in [4.78, 5) is 15.0. The summed E-state index contributed by atoms with van der Waals surface area (Å²) in [6.45, 7) is 18.2. The van der Waals surface area contributed by atoms with Crippen LogP contribution in [0, 0.1) is 24.3 Å². The lowest BCUT2D eigenvalue weighted by Crippen LogP contribution is -2.58. The van der Waals surface area contributed by atoms with Crippen molar-refractivity contribution in [3.8, 4) is 0 Å². The summed E-state index contributed by atoms with van der Waals surface area (Å²) >= 11 is 0. The van der Waals surface area contributed by atoms with Gasteiger partial charge in [0.25, 0.3) is 5.54 Å². The molecule has 4 nitrogen and oxygen atoms in total. The second-order valence-corrected chi connectivity index (χ2v) is 9.78. The maximum atomic E-state index is 11.2. The van der Waals surface area contributed by atoms with E-state index in [9.17, 15) is 4.79 Å². The van der Waals surface area contributed by atoms with Gasteiger partial charge in [0.2, 0.25) is 6.41 Å². The van der Waals surface area contributed by atoms with Crippen molar-refractivity contribution in [3.05, 3.63) is 23.1 Å². The number of ether oxygens (including phenoxy) is 1. The minimum Gasteiger partial charge on any atom is -0.363 e. The molecular weight excluding hydrogens is 324 g/mol. The smallest absolute Gasteiger partial charge is 0.252 e. The number of allylic oxidation sites excluding steroid dienone is 2. The molecule has 0 bridgehead atoms. The zero-order valence-corrected chi connectivity index (χ0v) is 17.0. The Hall–Kier alpha value is -1.34. The molecule has 6 atom stereocenters. The third kappa shape index (κ3) is 3.20. The maximum absolute atomic E-state index is 11.2. The molecule has 1 amide bonds. The fourth-order valence-corrected chi connectivity index (χ4v) is 5.81. The van der Waals surface area contributed by atoms with Gasteiger partial charge in [-0.15, -0.1) is 0 Å². The number of hydrogen-bond acceptors (Lipinski definition) is 2. The van der Waals surface area contributed by atoms with Crippen LogP contribution in [0.5, 0.6) is 0 Å². The van der Waals surface area contributed by atoms with E-state index in [0.29, 0.717) is 17.8 Å². The number of fused-ring (bicyclic) bond motifs is 1. The Kier molecular flexibility index (Phi) is 4.99. The number of carbonyl (C=O) groups is 1. The van der Waals surface area contributed by atoms with Crippen LogP contribution in [0.2, 0.25) is 0 Å². The molecule has 0 radical (unpaired) electrons. The van der Waals surface area contributed by atoms with Crippen LogP contribution in [0.25, 0.3) is 4.85 Å². The molecule has 4 heteroatoms. The Bertz CT molecular complexity index is 635. The van der Waals surface area contributed by atoms with Crippen LogP contribution in [0.3, 0.4) is 0 Å². The standard InChI is InChI=1S/C22H34N2O2/c1-15-7-8-17-16(13-15)18(9-11-21(17,4)24-14-25)22(5)12-10-19(26-22)20(2,3)23-6/h13-14,16-19H,7-12H2,1-5H3,(H,24,25)/t16-,17+,18-,19-,21-,22+/m1/s1. The highest BCUT2D eigenvalue weighted by atomic mass is 16.5. The first kappa shape index (κ1) is 19.4. The predicted octanol–water partition coefficient (Wildman–Crippen LogP) is 4.51. The zero-order valence-electron chi connectivity index (χ0n) is 17.0. The highest BCUT2D eigenvalue weighted by Gasteiger charge is 2.56. The van der Waals surface area contributed by atoms with E-state index in [-0.39, 0.29) is 17.2 Å². The lowest BCUT2D eigenvalue weighted by molar-refractivity contribution is -0.123. The maximum Gasteiger partial charge on any atom is 0.252 e. The van der Waals surface area contributed by atoms with Gasteiger partial charge in [0.1, 0.15) is 6.10 Å². The largest absolute Gasteiger partial charge is 0.363 e. The molecular formula is C22H34N2O2. The van der Waals surface area contributed by atoms with E-state index < -0.39 is 5.54 Å². The van der Waals surface area contributed by atoms with Crippen molar-refractivity contribution in [2.75, 3.05) is 0 Å². The average molecular weight is 359 g/mol. The highest BCUT2D eigenvalue weighted by molar-refractivity contribution is 5.48. The SMILES string of the molecule is [C-]#[N+]C(C)(C)[C@H]1CC[C@@](C)([C@@H]2CC[C@@](C)(NC=O)[C@H]3CCC(C)=C[C@@H]23)O1. The summed E-state index contributed by atoms with van der Waals surface area (Å²) in [5.41, 5.74) is 0.708. The molecule has 144 valence electrons. The van der Waals surface area contributed by atoms with Gasteiger partial charge in [-0.1, -0.05) is 11.6 Å². The number of rotatable bonds is 4. The number of carbonyl (C=O) groups excluding carboxylic acids is 1. The molecule has 0 aromatic carbocycles. The van der Waals surface area contributed by atoms with Gasteiger partial charge >= 0.3 is 0 Å². The zero-order chi connectivity index (χ0) is 19.2.